The van der Waals surface area contributed by atoms with E-state index in [-0.39, 0.29) is 0 Å². The van der Waals surface area contributed by atoms with Gasteiger partial charge in [0.05, 0.1) is 12.5 Å². The Morgan fingerprint density at radius 2 is 2.15 bits per heavy atom. The van der Waals surface area contributed by atoms with Gasteiger partial charge in [-0.15, -0.1) is 0 Å². The van der Waals surface area contributed by atoms with Gasteiger partial charge in [0.25, 0.3) is 6.20 Å². The molecule has 0 radical (unpaired) electrons. The lowest BCUT2D eigenvalue weighted by atomic mass is 10.2. The van der Waals surface area contributed by atoms with E-state index >= 15 is 0 Å². The Labute approximate surface area is 75.0 Å². The van der Waals surface area contributed by atoms with Crippen LogP contribution in [-0.2, 0) is 0 Å². The van der Waals surface area contributed by atoms with Crippen LogP contribution in [0.1, 0.15) is 0 Å². The highest BCUT2D eigenvalue weighted by atomic mass is 16.5. The smallest absolute Gasteiger partial charge is 0.252 e. The highest BCUT2D eigenvalue weighted by Crippen LogP contribution is 2.20. The predicted molar refractivity (Wildman–Crippen MR) is 47.3 cm³/mol. The highest BCUT2D eigenvalue weighted by Gasteiger charge is 2.06. The summed E-state index contributed by atoms with van der Waals surface area (Å²) in [7, 11) is 1.53. The SMILES string of the molecule is COc1c[n+]([O-])nc2ccccc12. The molecule has 0 N–H and O–H groups in total. The molecule has 0 amide bonds. The van der Waals surface area contributed by atoms with Crippen molar-refractivity contribution in [3.05, 3.63) is 35.7 Å². The van der Waals surface area contributed by atoms with E-state index in [1.54, 1.807) is 6.07 Å². The Hall–Kier alpha value is -1.84. The number of aromatic nitrogens is 2. The van der Waals surface area contributed by atoms with E-state index < -0.39 is 0 Å². The summed E-state index contributed by atoms with van der Waals surface area (Å²) in [4.78, 5) is 0.501. The Bertz CT molecular complexity index is 443. The fraction of sp³-hybridized carbons (Fsp3) is 0.111. The quantitative estimate of drug-likeness (QED) is 0.478. The van der Waals surface area contributed by atoms with E-state index in [9.17, 15) is 5.21 Å². The van der Waals surface area contributed by atoms with Gasteiger partial charge in [-0.25, -0.2) is 0 Å². The van der Waals surface area contributed by atoms with Crippen molar-refractivity contribution in [1.29, 1.82) is 0 Å². The van der Waals surface area contributed by atoms with Gasteiger partial charge < -0.3 is 9.94 Å². The van der Waals surface area contributed by atoms with Crippen molar-refractivity contribution in [2.24, 2.45) is 0 Å². The first-order valence-electron chi connectivity index (χ1n) is 3.84. The molecule has 0 aliphatic rings. The van der Waals surface area contributed by atoms with Crippen LogP contribution in [0.5, 0.6) is 5.75 Å². The molecule has 0 fully saturated rings. The van der Waals surface area contributed by atoms with Crippen molar-refractivity contribution in [3.8, 4) is 5.75 Å². The maximum atomic E-state index is 11.0. The zero-order valence-corrected chi connectivity index (χ0v) is 7.10. The lowest BCUT2D eigenvalue weighted by Crippen LogP contribution is -2.30. The molecule has 0 saturated heterocycles. The fourth-order valence-corrected chi connectivity index (χ4v) is 1.24. The third-order valence-electron chi connectivity index (χ3n) is 1.82. The van der Waals surface area contributed by atoms with Gasteiger partial charge in [-0.05, 0) is 12.1 Å². The third-order valence-corrected chi connectivity index (χ3v) is 1.82. The Morgan fingerprint density at radius 1 is 1.38 bits per heavy atom. The van der Waals surface area contributed by atoms with Crippen molar-refractivity contribution in [1.82, 2.24) is 5.10 Å². The van der Waals surface area contributed by atoms with Crippen LogP contribution >= 0.6 is 0 Å². The van der Waals surface area contributed by atoms with E-state index in [2.05, 4.69) is 5.10 Å². The molecule has 4 heteroatoms. The molecule has 2 aromatic rings. The van der Waals surface area contributed by atoms with Crippen molar-refractivity contribution in [3.63, 3.8) is 0 Å². The molecule has 1 heterocycles. The summed E-state index contributed by atoms with van der Waals surface area (Å²) in [5.41, 5.74) is 0.636. The molecule has 0 unspecified atom stereocenters. The van der Waals surface area contributed by atoms with E-state index in [0.29, 0.717) is 16.1 Å². The van der Waals surface area contributed by atoms with Crippen LogP contribution in [0.15, 0.2) is 30.5 Å². The largest absolute Gasteiger partial charge is 0.594 e. The van der Waals surface area contributed by atoms with E-state index in [1.807, 2.05) is 18.2 Å². The third kappa shape index (κ3) is 1.26. The van der Waals surface area contributed by atoms with E-state index in [1.165, 1.54) is 13.3 Å². The number of hydrogen-bond acceptors (Lipinski definition) is 3. The second-order valence-electron chi connectivity index (χ2n) is 2.62. The molecule has 66 valence electrons. The molecule has 4 nitrogen and oxygen atoms in total. The summed E-state index contributed by atoms with van der Waals surface area (Å²) >= 11 is 0. The average molecular weight is 176 g/mol. The first-order chi connectivity index (χ1) is 6.31. The van der Waals surface area contributed by atoms with E-state index in [0.717, 1.165) is 5.39 Å². The van der Waals surface area contributed by atoms with Crippen LogP contribution in [0, 0.1) is 5.21 Å². The van der Waals surface area contributed by atoms with Crippen molar-refractivity contribution in [2.75, 3.05) is 7.11 Å². The standard InChI is InChI=1S/C9H8N2O2/c1-13-9-6-11(12)10-8-5-3-2-4-7(8)9/h2-6H,1H3. The number of methoxy groups -OCH3 is 1. The molecule has 0 aliphatic heterocycles. The monoisotopic (exact) mass is 176 g/mol. The second kappa shape index (κ2) is 2.90. The Kier molecular flexibility index (Phi) is 1.73. The zero-order valence-electron chi connectivity index (χ0n) is 7.10. The second-order valence-corrected chi connectivity index (χ2v) is 2.62. The highest BCUT2D eigenvalue weighted by molar-refractivity contribution is 5.83. The van der Waals surface area contributed by atoms with Crippen LogP contribution in [-0.4, -0.2) is 12.2 Å². The lowest BCUT2D eigenvalue weighted by Gasteiger charge is -2.02. The van der Waals surface area contributed by atoms with Crippen LogP contribution in [0.2, 0.25) is 0 Å². The molecule has 0 bridgehead atoms. The summed E-state index contributed by atoms with van der Waals surface area (Å²) in [5, 5.41) is 15.6. The zero-order chi connectivity index (χ0) is 9.26. The van der Waals surface area contributed by atoms with Crippen molar-refractivity contribution < 1.29 is 9.58 Å². The minimum atomic E-state index is 0.501. The number of hydrogen-bond donors (Lipinski definition) is 0. The summed E-state index contributed by atoms with van der Waals surface area (Å²) < 4.78 is 5.05. The molecule has 1 aromatic carbocycles. The van der Waals surface area contributed by atoms with E-state index in [4.69, 9.17) is 4.74 Å². The topological polar surface area (TPSA) is 49.1 Å². The Morgan fingerprint density at radius 3 is 2.92 bits per heavy atom. The Balaban J connectivity index is 2.81. The van der Waals surface area contributed by atoms with Gasteiger partial charge in [0.1, 0.15) is 5.52 Å². The number of rotatable bonds is 1. The average Bonchev–Trinajstić information content (AvgIpc) is 2.16. The molecular weight excluding hydrogens is 168 g/mol. The van der Waals surface area contributed by atoms with Crippen molar-refractivity contribution in [2.45, 2.75) is 0 Å². The van der Waals surface area contributed by atoms with Gasteiger partial charge in [-0.2, -0.15) is 0 Å². The summed E-state index contributed by atoms with van der Waals surface area (Å²) in [6.07, 6.45) is 1.31. The maximum Gasteiger partial charge on any atom is 0.252 e. The molecular formula is C9H8N2O2. The summed E-state index contributed by atoms with van der Waals surface area (Å²) in [6.45, 7) is 0. The van der Waals surface area contributed by atoms with Gasteiger partial charge >= 0.3 is 0 Å². The van der Waals surface area contributed by atoms with Gasteiger partial charge in [-0.1, -0.05) is 17.0 Å². The summed E-state index contributed by atoms with van der Waals surface area (Å²) in [5.74, 6) is 0.542. The lowest BCUT2D eigenvalue weighted by molar-refractivity contribution is -0.666. The fourth-order valence-electron chi connectivity index (χ4n) is 1.24. The molecule has 1 aromatic heterocycles. The van der Waals surface area contributed by atoms with Crippen molar-refractivity contribution >= 4 is 10.9 Å². The normalized spacial score (nSPS) is 10.2. The molecule has 0 atom stereocenters. The number of benzene rings is 1. The first-order valence-corrected chi connectivity index (χ1v) is 3.84. The van der Waals surface area contributed by atoms with Crippen LogP contribution in [0.3, 0.4) is 0 Å². The molecule has 0 saturated carbocycles. The minimum Gasteiger partial charge on any atom is -0.594 e. The van der Waals surface area contributed by atoms with Gasteiger partial charge in [-0.3, -0.25) is 0 Å². The number of fused-ring (bicyclic) bond motifs is 1. The number of ether oxygens (including phenoxy) is 1. The summed E-state index contributed by atoms with van der Waals surface area (Å²) in [6, 6.07) is 7.34. The van der Waals surface area contributed by atoms with Gasteiger partial charge in [0.15, 0.2) is 5.75 Å². The van der Waals surface area contributed by atoms with Crippen LogP contribution in [0.4, 0.5) is 0 Å². The predicted octanol–water partition coefficient (Wildman–Crippen LogP) is 0.877. The first kappa shape index (κ1) is 7.79. The molecule has 0 spiro atoms. The van der Waals surface area contributed by atoms with Crippen LogP contribution < -0.4 is 9.58 Å². The minimum absolute atomic E-state index is 0.501. The molecule has 0 aliphatic carbocycles. The molecule has 2 rings (SSSR count). The maximum absolute atomic E-state index is 11.0. The van der Waals surface area contributed by atoms with Gasteiger partial charge in [0.2, 0.25) is 0 Å². The molecule has 13 heavy (non-hydrogen) atoms. The van der Waals surface area contributed by atoms with Gasteiger partial charge in [0, 0.05) is 5.10 Å². The number of nitrogens with zero attached hydrogens (tertiary/aromatic N) is 2. The van der Waals surface area contributed by atoms with Crippen LogP contribution in [0.25, 0.3) is 10.9 Å².